The number of carbonyl (C=O) groups excluding carboxylic acids is 2. The third kappa shape index (κ3) is 2.40. The van der Waals surface area contributed by atoms with Crippen molar-refractivity contribution >= 4 is 23.6 Å². The fraction of sp³-hybridized carbons (Fsp3) is 0.818. The quantitative estimate of drug-likeness (QED) is 0.737. The zero-order valence-electron chi connectivity index (χ0n) is 9.57. The molecule has 0 aromatic carbocycles. The van der Waals surface area contributed by atoms with Crippen molar-refractivity contribution in [1.29, 1.82) is 0 Å². The maximum atomic E-state index is 11.9. The number of amides is 2. The molecule has 2 rings (SSSR count). The molecular weight excluding hydrogens is 224 g/mol. The molecule has 2 fully saturated rings. The number of likely N-dealkylation sites (tertiary alicyclic amines) is 1. The summed E-state index contributed by atoms with van der Waals surface area (Å²) in [6.45, 7) is 2.34. The van der Waals surface area contributed by atoms with Crippen molar-refractivity contribution in [2.75, 3.05) is 18.1 Å². The Balaban J connectivity index is 1.90. The minimum atomic E-state index is -0.263. The molecule has 0 aromatic rings. The third-order valence-corrected chi connectivity index (χ3v) is 4.27. The van der Waals surface area contributed by atoms with E-state index in [2.05, 4.69) is 5.32 Å². The summed E-state index contributed by atoms with van der Waals surface area (Å²) in [5, 5.41) is 3.34. The summed E-state index contributed by atoms with van der Waals surface area (Å²) < 4.78 is 0. The number of likely N-dealkylation sites (N-methyl/N-ethyl adjacent to an activating group) is 1. The maximum absolute atomic E-state index is 11.9. The van der Waals surface area contributed by atoms with E-state index in [1.54, 1.807) is 0 Å². The van der Waals surface area contributed by atoms with Gasteiger partial charge in [0.2, 0.25) is 11.8 Å². The zero-order valence-corrected chi connectivity index (χ0v) is 10.4. The van der Waals surface area contributed by atoms with E-state index in [4.69, 9.17) is 0 Å². The first-order chi connectivity index (χ1) is 7.72. The number of hydrogen-bond donors (Lipinski definition) is 1. The van der Waals surface area contributed by atoms with Crippen molar-refractivity contribution in [2.24, 2.45) is 0 Å². The Labute approximate surface area is 100 Å². The fourth-order valence-electron chi connectivity index (χ4n) is 2.29. The number of nitrogens with one attached hydrogen (secondary N) is 1. The van der Waals surface area contributed by atoms with Crippen LogP contribution in [0, 0.1) is 0 Å². The lowest BCUT2D eigenvalue weighted by molar-refractivity contribution is -0.138. The summed E-state index contributed by atoms with van der Waals surface area (Å²) in [6, 6.07) is 0.153. The molecule has 0 spiro atoms. The largest absolute Gasteiger partial charge is 0.303 e. The minimum Gasteiger partial charge on any atom is -0.303 e. The molecule has 90 valence electrons. The number of hydrogen-bond acceptors (Lipinski definition) is 4. The summed E-state index contributed by atoms with van der Waals surface area (Å²) in [6.07, 6.45) is 2.56. The molecule has 5 heteroatoms. The molecule has 1 N–H and O–H groups in total. The average molecular weight is 242 g/mol. The van der Waals surface area contributed by atoms with Crippen molar-refractivity contribution in [1.82, 2.24) is 10.2 Å². The lowest BCUT2D eigenvalue weighted by Gasteiger charge is -2.25. The van der Waals surface area contributed by atoms with Gasteiger partial charge in [-0.1, -0.05) is 0 Å². The van der Waals surface area contributed by atoms with E-state index >= 15 is 0 Å². The molecule has 2 saturated heterocycles. The van der Waals surface area contributed by atoms with E-state index in [0.29, 0.717) is 19.0 Å². The predicted molar refractivity (Wildman–Crippen MR) is 64.3 cm³/mol. The summed E-state index contributed by atoms with van der Waals surface area (Å²) in [5.74, 6) is 2.24. The summed E-state index contributed by atoms with van der Waals surface area (Å²) >= 11 is 1.96. The standard InChI is InChI=1S/C11H18N2O2S/c1-2-13-10(14)7-9(11(13)15)12-8-3-5-16-6-4-8/h8-9,12H,2-7H2,1H3. The first-order valence-corrected chi connectivity index (χ1v) is 7.06. The topological polar surface area (TPSA) is 49.4 Å². The number of rotatable bonds is 3. The van der Waals surface area contributed by atoms with Gasteiger partial charge in [-0.15, -0.1) is 0 Å². The van der Waals surface area contributed by atoms with Gasteiger partial charge in [-0.25, -0.2) is 0 Å². The lowest BCUT2D eigenvalue weighted by Crippen LogP contribution is -2.45. The third-order valence-electron chi connectivity index (χ3n) is 3.22. The molecule has 0 aliphatic carbocycles. The van der Waals surface area contributed by atoms with Crippen LogP contribution in [0.3, 0.4) is 0 Å². The number of carbonyl (C=O) groups is 2. The Morgan fingerprint density at radius 2 is 2.06 bits per heavy atom. The van der Waals surface area contributed by atoms with Crippen LogP contribution in [0.25, 0.3) is 0 Å². The first kappa shape index (κ1) is 11.9. The van der Waals surface area contributed by atoms with Crippen LogP contribution in [0.5, 0.6) is 0 Å². The zero-order chi connectivity index (χ0) is 11.5. The van der Waals surface area contributed by atoms with Crippen LogP contribution in [0.1, 0.15) is 26.2 Å². The fourth-order valence-corrected chi connectivity index (χ4v) is 3.40. The highest BCUT2D eigenvalue weighted by molar-refractivity contribution is 7.99. The van der Waals surface area contributed by atoms with Crippen LogP contribution < -0.4 is 5.32 Å². The monoisotopic (exact) mass is 242 g/mol. The van der Waals surface area contributed by atoms with Gasteiger partial charge in [0.15, 0.2) is 0 Å². The maximum Gasteiger partial charge on any atom is 0.246 e. The Hall–Kier alpha value is -0.550. The molecule has 2 amide bonds. The van der Waals surface area contributed by atoms with Gasteiger partial charge in [0, 0.05) is 12.6 Å². The van der Waals surface area contributed by atoms with Crippen molar-refractivity contribution in [3.63, 3.8) is 0 Å². The Kier molecular flexibility index (Phi) is 3.86. The Bertz CT molecular complexity index is 290. The van der Waals surface area contributed by atoms with E-state index in [-0.39, 0.29) is 17.9 Å². The van der Waals surface area contributed by atoms with E-state index in [0.717, 1.165) is 24.3 Å². The molecule has 0 bridgehead atoms. The molecule has 2 aliphatic heterocycles. The minimum absolute atomic E-state index is 0.0322. The van der Waals surface area contributed by atoms with Crippen LogP contribution >= 0.6 is 11.8 Å². The Morgan fingerprint density at radius 1 is 1.38 bits per heavy atom. The van der Waals surface area contributed by atoms with Crippen molar-refractivity contribution in [2.45, 2.75) is 38.3 Å². The highest BCUT2D eigenvalue weighted by Crippen LogP contribution is 2.20. The van der Waals surface area contributed by atoms with E-state index < -0.39 is 0 Å². The van der Waals surface area contributed by atoms with Crippen LogP contribution in [0.2, 0.25) is 0 Å². The van der Waals surface area contributed by atoms with Gasteiger partial charge in [-0.2, -0.15) is 11.8 Å². The molecule has 2 aliphatic rings. The van der Waals surface area contributed by atoms with Gasteiger partial charge < -0.3 is 5.32 Å². The molecule has 2 heterocycles. The number of nitrogens with zero attached hydrogens (tertiary/aromatic N) is 1. The average Bonchev–Trinajstić information content (AvgIpc) is 2.55. The highest BCUT2D eigenvalue weighted by atomic mass is 32.2. The van der Waals surface area contributed by atoms with Crippen LogP contribution in [-0.2, 0) is 9.59 Å². The molecule has 16 heavy (non-hydrogen) atoms. The van der Waals surface area contributed by atoms with Crippen LogP contribution in [-0.4, -0.2) is 46.8 Å². The van der Waals surface area contributed by atoms with Gasteiger partial charge in [0.1, 0.15) is 0 Å². The second kappa shape index (κ2) is 5.19. The van der Waals surface area contributed by atoms with Crippen molar-refractivity contribution in [3.05, 3.63) is 0 Å². The highest BCUT2D eigenvalue weighted by Gasteiger charge is 2.38. The van der Waals surface area contributed by atoms with Crippen molar-refractivity contribution < 1.29 is 9.59 Å². The van der Waals surface area contributed by atoms with E-state index in [9.17, 15) is 9.59 Å². The van der Waals surface area contributed by atoms with Crippen LogP contribution in [0.15, 0.2) is 0 Å². The summed E-state index contributed by atoms with van der Waals surface area (Å²) in [7, 11) is 0. The molecule has 4 nitrogen and oxygen atoms in total. The molecule has 1 unspecified atom stereocenters. The van der Waals surface area contributed by atoms with E-state index in [1.807, 2.05) is 18.7 Å². The van der Waals surface area contributed by atoms with Gasteiger partial charge in [0.05, 0.1) is 12.5 Å². The summed E-state index contributed by atoms with van der Waals surface area (Å²) in [4.78, 5) is 24.7. The molecule has 1 atom stereocenters. The van der Waals surface area contributed by atoms with Gasteiger partial charge in [-0.05, 0) is 31.3 Å². The molecule has 0 radical (unpaired) electrons. The van der Waals surface area contributed by atoms with Gasteiger partial charge >= 0.3 is 0 Å². The first-order valence-electron chi connectivity index (χ1n) is 5.90. The normalized spacial score (nSPS) is 27.8. The number of imide groups is 1. The predicted octanol–water partition coefficient (Wildman–Crippen LogP) is 0.619. The lowest BCUT2D eigenvalue weighted by atomic mass is 10.1. The van der Waals surface area contributed by atoms with Gasteiger partial charge in [-0.3, -0.25) is 14.5 Å². The smallest absolute Gasteiger partial charge is 0.246 e. The second-order valence-electron chi connectivity index (χ2n) is 4.29. The second-order valence-corrected chi connectivity index (χ2v) is 5.51. The summed E-state index contributed by atoms with van der Waals surface area (Å²) in [5.41, 5.74) is 0. The number of thioether (sulfide) groups is 1. The van der Waals surface area contributed by atoms with Crippen LogP contribution in [0.4, 0.5) is 0 Å². The van der Waals surface area contributed by atoms with E-state index in [1.165, 1.54) is 4.90 Å². The molecular formula is C11H18N2O2S. The Morgan fingerprint density at radius 3 is 2.62 bits per heavy atom. The SMILES string of the molecule is CCN1C(=O)CC(NC2CCSCC2)C1=O. The van der Waals surface area contributed by atoms with Gasteiger partial charge in [0.25, 0.3) is 0 Å². The molecule has 0 aromatic heterocycles. The molecule has 0 saturated carbocycles. The van der Waals surface area contributed by atoms with Crippen molar-refractivity contribution in [3.8, 4) is 0 Å².